The van der Waals surface area contributed by atoms with Gasteiger partial charge in [0.25, 0.3) is 0 Å². The second-order valence-electron chi connectivity index (χ2n) is 5.24. The van der Waals surface area contributed by atoms with E-state index in [0.29, 0.717) is 18.6 Å². The fraction of sp³-hybridized carbons (Fsp3) is 1.00. The monoisotopic (exact) mass is 200 g/mol. The Morgan fingerprint density at radius 2 is 2.14 bits per heavy atom. The molecule has 0 aromatic rings. The summed E-state index contributed by atoms with van der Waals surface area (Å²) in [6, 6.07) is 1.23. The fourth-order valence-electron chi connectivity index (χ4n) is 1.87. The van der Waals surface area contributed by atoms with Gasteiger partial charge in [-0.05, 0) is 47.2 Å². The normalized spacial score (nSPS) is 30.6. The molecule has 0 aromatic carbocycles. The summed E-state index contributed by atoms with van der Waals surface area (Å²) >= 11 is 0. The summed E-state index contributed by atoms with van der Waals surface area (Å²) < 4.78 is 0. The van der Waals surface area contributed by atoms with Crippen LogP contribution in [0.5, 0.6) is 0 Å². The van der Waals surface area contributed by atoms with Crippen molar-refractivity contribution in [3.63, 3.8) is 0 Å². The molecule has 0 saturated carbocycles. The molecule has 2 atom stereocenters. The number of piperidine rings is 1. The Kier molecular flexibility index (Phi) is 3.93. The second-order valence-corrected chi connectivity index (χ2v) is 5.24. The molecule has 0 bridgehead atoms. The van der Waals surface area contributed by atoms with E-state index in [1.807, 2.05) is 13.8 Å². The molecule has 1 fully saturated rings. The van der Waals surface area contributed by atoms with Crippen molar-refractivity contribution in [2.24, 2.45) is 0 Å². The Balaban J connectivity index is 2.27. The van der Waals surface area contributed by atoms with Crippen LogP contribution in [0, 0.1) is 0 Å². The molecule has 1 saturated heterocycles. The van der Waals surface area contributed by atoms with Gasteiger partial charge in [0, 0.05) is 18.6 Å². The third-order valence-electron chi connectivity index (χ3n) is 3.03. The number of likely N-dealkylation sites (tertiary alicyclic amines) is 1. The molecule has 1 heterocycles. The van der Waals surface area contributed by atoms with Gasteiger partial charge in [0.2, 0.25) is 0 Å². The maximum Gasteiger partial charge on any atom is 0.0715 e. The van der Waals surface area contributed by atoms with Gasteiger partial charge in [0.15, 0.2) is 0 Å². The lowest BCUT2D eigenvalue weighted by molar-refractivity contribution is 0.0693. The van der Waals surface area contributed by atoms with E-state index in [0.717, 1.165) is 6.54 Å². The molecule has 84 valence electrons. The average Bonchev–Trinajstić information content (AvgIpc) is 2.06. The summed E-state index contributed by atoms with van der Waals surface area (Å²) in [5.74, 6) is 0. The Morgan fingerprint density at radius 1 is 1.50 bits per heavy atom. The van der Waals surface area contributed by atoms with E-state index < -0.39 is 5.60 Å². The highest BCUT2D eigenvalue weighted by Crippen LogP contribution is 2.15. The van der Waals surface area contributed by atoms with Crippen LogP contribution in [0.3, 0.4) is 0 Å². The molecule has 3 heteroatoms. The number of nitrogens with one attached hydrogen (secondary N) is 1. The number of hydrogen-bond acceptors (Lipinski definition) is 3. The van der Waals surface area contributed by atoms with Gasteiger partial charge in [-0.1, -0.05) is 0 Å². The minimum atomic E-state index is -0.591. The summed E-state index contributed by atoms with van der Waals surface area (Å²) in [6.07, 6.45) is 2.38. The highest BCUT2D eigenvalue weighted by Gasteiger charge is 2.23. The summed E-state index contributed by atoms with van der Waals surface area (Å²) in [5, 5.41) is 13.0. The smallest absolute Gasteiger partial charge is 0.0715 e. The van der Waals surface area contributed by atoms with Gasteiger partial charge in [-0.15, -0.1) is 0 Å². The van der Waals surface area contributed by atoms with Crippen molar-refractivity contribution in [1.29, 1.82) is 0 Å². The molecule has 2 N–H and O–H groups in total. The lowest BCUT2D eigenvalue weighted by atomic mass is 9.98. The zero-order valence-corrected chi connectivity index (χ0v) is 9.88. The van der Waals surface area contributed by atoms with Crippen molar-refractivity contribution in [3.8, 4) is 0 Å². The van der Waals surface area contributed by atoms with Crippen molar-refractivity contribution >= 4 is 0 Å². The highest BCUT2D eigenvalue weighted by molar-refractivity contribution is 4.83. The first-order valence-corrected chi connectivity index (χ1v) is 5.54. The van der Waals surface area contributed by atoms with Gasteiger partial charge < -0.3 is 15.3 Å². The van der Waals surface area contributed by atoms with Crippen LogP contribution in [0.4, 0.5) is 0 Å². The SMILES string of the molecule is CC1CC(NCC(C)(C)O)CCN1C. The molecule has 0 aromatic heterocycles. The van der Waals surface area contributed by atoms with Crippen molar-refractivity contribution in [3.05, 3.63) is 0 Å². The summed E-state index contributed by atoms with van der Waals surface area (Å²) in [4.78, 5) is 2.39. The first-order chi connectivity index (χ1) is 6.38. The molecular weight excluding hydrogens is 176 g/mol. The van der Waals surface area contributed by atoms with Crippen molar-refractivity contribution in [2.75, 3.05) is 20.1 Å². The van der Waals surface area contributed by atoms with E-state index in [-0.39, 0.29) is 0 Å². The van der Waals surface area contributed by atoms with Gasteiger partial charge in [-0.25, -0.2) is 0 Å². The molecule has 14 heavy (non-hydrogen) atoms. The van der Waals surface area contributed by atoms with Crippen LogP contribution in [-0.4, -0.2) is 47.8 Å². The first kappa shape index (κ1) is 12.0. The Morgan fingerprint density at radius 3 is 2.64 bits per heavy atom. The molecular formula is C11H24N2O. The molecule has 0 spiro atoms. The molecule has 1 rings (SSSR count). The quantitative estimate of drug-likeness (QED) is 0.708. The Hall–Kier alpha value is -0.120. The first-order valence-electron chi connectivity index (χ1n) is 5.54. The van der Waals surface area contributed by atoms with Crippen LogP contribution < -0.4 is 5.32 Å². The molecule has 1 aliphatic heterocycles. The highest BCUT2D eigenvalue weighted by atomic mass is 16.3. The number of aliphatic hydroxyl groups is 1. The van der Waals surface area contributed by atoms with E-state index in [4.69, 9.17) is 0 Å². The number of rotatable bonds is 3. The second kappa shape index (κ2) is 4.60. The van der Waals surface area contributed by atoms with Gasteiger partial charge in [-0.3, -0.25) is 0 Å². The van der Waals surface area contributed by atoms with Gasteiger partial charge in [0.1, 0.15) is 0 Å². The molecule has 0 aliphatic carbocycles. The van der Waals surface area contributed by atoms with Crippen LogP contribution in [0.1, 0.15) is 33.6 Å². The lowest BCUT2D eigenvalue weighted by Crippen LogP contribution is -2.48. The average molecular weight is 200 g/mol. The molecule has 2 unspecified atom stereocenters. The van der Waals surface area contributed by atoms with E-state index >= 15 is 0 Å². The molecule has 0 amide bonds. The molecule has 1 aliphatic rings. The summed E-state index contributed by atoms with van der Waals surface area (Å²) in [5.41, 5.74) is -0.591. The van der Waals surface area contributed by atoms with Crippen molar-refractivity contribution in [1.82, 2.24) is 10.2 Å². The summed E-state index contributed by atoms with van der Waals surface area (Å²) in [7, 11) is 2.18. The van der Waals surface area contributed by atoms with E-state index in [2.05, 4.69) is 24.2 Å². The molecule has 0 radical (unpaired) electrons. The van der Waals surface area contributed by atoms with Crippen LogP contribution in [0.25, 0.3) is 0 Å². The third kappa shape index (κ3) is 3.95. The lowest BCUT2D eigenvalue weighted by Gasteiger charge is -2.36. The van der Waals surface area contributed by atoms with Crippen molar-refractivity contribution in [2.45, 2.75) is 51.3 Å². The predicted octanol–water partition coefficient (Wildman–Crippen LogP) is 0.830. The zero-order chi connectivity index (χ0) is 10.8. The van der Waals surface area contributed by atoms with Crippen LogP contribution >= 0.6 is 0 Å². The van der Waals surface area contributed by atoms with Crippen LogP contribution in [0.2, 0.25) is 0 Å². The minimum absolute atomic E-state index is 0.577. The molecule has 3 nitrogen and oxygen atoms in total. The maximum absolute atomic E-state index is 9.59. The topological polar surface area (TPSA) is 35.5 Å². The fourth-order valence-corrected chi connectivity index (χ4v) is 1.87. The Labute approximate surface area is 87.5 Å². The number of nitrogens with zero attached hydrogens (tertiary/aromatic N) is 1. The Bertz CT molecular complexity index is 177. The van der Waals surface area contributed by atoms with E-state index in [9.17, 15) is 5.11 Å². The zero-order valence-electron chi connectivity index (χ0n) is 9.88. The van der Waals surface area contributed by atoms with Gasteiger partial charge in [-0.2, -0.15) is 0 Å². The van der Waals surface area contributed by atoms with E-state index in [1.165, 1.54) is 12.8 Å². The van der Waals surface area contributed by atoms with Crippen LogP contribution in [-0.2, 0) is 0 Å². The summed E-state index contributed by atoms with van der Waals surface area (Å²) in [6.45, 7) is 7.80. The third-order valence-corrected chi connectivity index (χ3v) is 3.03. The maximum atomic E-state index is 9.59. The minimum Gasteiger partial charge on any atom is -0.389 e. The predicted molar refractivity (Wildman–Crippen MR) is 59.4 cm³/mol. The standard InChI is InChI=1S/C11H24N2O/c1-9-7-10(5-6-13(9)4)12-8-11(2,3)14/h9-10,12,14H,5-8H2,1-4H3. The van der Waals surface area contributed by atoms with Crippen LogP contribution in [0.15, 0.2) is 0 Å². The number of hydrogen-bond donors (Lipinski definition) is 2. The van der Waals surface area contributed by atoms with E-state index in [1.54, 1.807) is 0 Å². The van der Waals surface area contributed by atoms with Gasteiger partial charge >= 0.3 is 0 Å². The largest absolute Gasteiger partial charge is 0.389 e. The van der Waals surface area contributed by atoms with Gasteiger partial charge in [0.05, 0.1) is 5.60 Å². The van der Waals surface area contributed by atoms with Crippen molar-refractivity contribution < 1.29 is 5.11 Å².